The van der Waals surface area contributed by atoms with Crippen molar-refractivity contribution >= 4 is 17.2 Å². The van der Waals surface area contributed by atoms with Crippen molar-refractivity contribution in [3.8, 4) is 0 Å². The van der Waals surface area contributed by atoms with Gasteiger partial charge in [0, 0.05) is 17.9 Å². The summed E-state index contributed by atoms with van der Waals surface area (Å²) in [6.07, 6.45) is 3.21. The zero-order chi connectivity index (χ0) is 15.7. The molecule has 0 aromatic carbocycles. The molecular formula is C15H26N2O3S. The fourth-order valence-electron chi connectivity index (χ4n) is 1.79. The van der Waals surface area contributed by atoms with Crippen LogP contribution in [-0.2, 0) is 9.53 Å². The van der Waals surface area contributed by atoms with Crippen molar-refractivity contribution in [1.82, 2.24) is 10.3 Å². The number of thiazole rings is 1. The van der Waals surface area contributed by atoms with Crippen molar-refractivity contribution in [3.05, 3.63) is 16.1 Å². The van der Waals surface area contributed by atoms with E-state index < -0.39 is 6.04 Å². The van der Waals surface area contributed by atoms with E-state index in [4.69, 9.17) is 4.74 Å². The molecular weight excluding hydrogens is 288 g/mol. The maximum Gasteiger partial charge on any atom is 0.246 e. The average Bonchev–Trinajstić information content (AvgIpc) is 2.94. The molecule has 0 radical (unpaired) electrons. The van der Waals surface area contributed by atoms with Crippen LogP contribution in [0.4, 0.5) is 0 Å². The van der Waals surface area contributed by atoms with E-state index in [1.165, 1.54) is 0 Å². The average molecular weight is 314 g/mol. The Balaban J connectivity index is 2.40. The molecule has 2 N–H and O–H groups in total. The van der Waals surface area contributed by atoms with Crippen molar-refractivity contribution in [2.24, 2.45) is 0 Å². The van der Waals surface area contributed by atoms with Crippen LogP contribution in [-0.4, -0.2) is 35.8 Å². The Bertz CT molecular complexity index is 421. The van der Waals surface area contributed by atoms with Gasteiger partial charge in [0.1, 0.15) is 6.61 Å². The standard InChI is InChI=1S/C15H26N2O3S/c1-4-5-6-7-20-9-14(19)16-12(8-18)13-10-21-15(17-13)11(2)3/h10-12,18H,4-9H2,1-3H3,(H,16,19). The highest BCUT2D eigenvalue weighted by Gasteiger charge is 2.17. The van der Waals surface area contributed by atoms with E-state index in [0.717, 1.165) is 24.3 Å². The zero-order valence-electron chi connectivity index (χ0n) is 13.1. The summed E-state index contributed by atoms with van der Waals surface area (Å²) in [5.41, 5.74) is 0.713. The van der Waals surface area contributed by atoms with Gasteiger partial charge in [-0.3, -0.25) is 4.79 Å². The lowest BCUT2D eigenvalue weighted by Gasteiger charge is -2.14. The van der Waals surface area contributed by atoms with E-state index in [0.29, 0.717) is 18.2 Å². The third kappa shape index (κ3) is 6.54. The molecule has 0 spiro atoms. The molecule has 1 rings (SSSR count). The van der Waals surface area contributed by atoms with E-state index in [-0.39, 0.29) is 19.1 Å². The maximum absolute atomic E-state index is 11.8. The largest absolute Gasteiger partial charge is 0.394 e. The Kier molecular flexibility index (Phi) is 8.49. The summed E-state index contributed by atoms with van der Waals surface area (Å²) in [4.78, 5) is 16.2. The molecule has 0 aliphatic heterocycles. The molecule has 1 heterocycles. The first-order valence-corrected chi connectivity index (χ1v) is 8.39. The number of rotatable bonds is 10. The second-order valence-corrected chi connectivity index (χ2v) is 6.22. The van der Waals surface area contributed by atoms with Gasteiger partial charge >= 0.3 is 0 Å². The summed E-state index contributed by atoms with van der Waals surface area (Å²) in [7, 11) is 0. The number of aliphatic hydroxyl groups excluding tert-OH is 1. The Hall–Kier alpha value is -0.980. The van der Waals surface area contributed by atoms with Crippen LogP contribution in [0.15, 0.2) is 5.38 Å². The third-order valence-electron chi connectivity index (χ3n) is 3.03. The zero-order valence-corrected chi connectivity index (χ0v) is 13.9. The number of carbonyl (C=O) groups excluding carboxylic acids is 1. The van der Waals surface area contributed by atoms with E-state index in [1.54, 1.807) is 11.3 Å². The van der Waals surface area contributed by atoms with E-state index in [1.807, 2.05) is 5.38 Å². The highest BCUT2D eigenvalue weighted by Crippen LogP contribution is 2.22. The lowest BCUT2D eigenvalue weighted by atomic mass is 10.2. The van der Waals surface area contributed by atoms with Gasteiger partial charge in [-0.2, -0.15) is 0 Å². The van der Waals surface area contributed by atoms with Crippen molar-refractivity contribution in [2.45, 2.75) is 52.0 Å². The molecule has 5 nitrogen and oxygen atoms in total. The molecule has 1 amide bonds. The van der Waals surface area contributed by atoms with E-state index >= 15 is 0 Å². The fraction of sp³-hybridized carbons (Fsp3) is 0.733. The number of nitrogens with zero attached hydrogens (tertiary/aromatic N) is 1. The Labute approximate surface area is 130 Å². The quantitative estimate of drug-likeness (QED) is 0.651. The van der Waals surface area contributed by atoms with Crippen LogP contribution < -0.4 is 5.32 Å². The van der Waals surface area contributed by atoms with Crippen LogP contribution in [0.3, 0.4) is 0 Å². The lowest BCUT2D eigenvalue weighted by Crippen LogP contribution is -2.33. The maximum atomic E-state index is 11.8. The highest BCUT2D eigenvalue weighted by molar-refractivity contribution is 7.09. The monoisotopic (exact) mass is 314 g/mol. The summed E-state index contributed by atoms with van der Waals surface area (Å²) >= 11 is 1.55. The molecule has 0 aliphatic carbocycles. The van der Waals surface area contributed by atoms with Crippen LogP contribution in [0.25, 0.3) is 0 Å². The van der Waals surface area contributed by atoms with Crippen LogP contribution in [0.1, 0.15) is 62.7 Å². The minimum absolute atomic E-state index is 0.0292. The van der Waals surface area contributed by atoms with Gasteiger partial charge in [-0.25, -0.2) is 4.98 Å². The Morgan fingerprint density at radius 3 is 2.81 bits per heavy atom. The molecule has 0 bridgehead atoms. The predicted molar refractivity (Wildman–Crippen MR) is 84.5 cm³/mol. The first-order chi connectivity index (χ1) is 10.1. The van der Waals surface area contributed by atoms with Crippen LogP contribution in [0.2, 0.25) is 0 Å². The lowest BCUT2D eigenvalue weighted by molar-refractivity contribution is -0.126. The van der Waals surface area contributed by atoms with Gasteiger partial charge in [-0.15, -0.1) is 11.3 Å². The second kappa shape index (κ2) is 9.87. The summed E-state index contributed by atoms with van der Waals surface area (Å²) in [6, 6.07) is -0.458. The molecule has 0 saturated carbocycles. The van der Waals surface area contributed by atoms with Gasteiger partial charge in [0.2, 0.25) is 5.91 Å². The van der Waals surface area contributed by atoms with Crippen LogP contribution in [0, 0.1) is 0 Å². The van der Waals surface area contributed by atoms with Gasteiger partial charge in [-0.1, -0.05) is 33.6 Å². The molecule has 6 heteroatoms. The number of unbranched alkanes of at least 4 members (excludes halogenated alkanes) is 2. The molecule has 1 aromatic rings. The summed E-state index contributed by atoms with van der Waals surface area (Å²) < 4.78 is 5.31. The molecule has 21 heavy (non-hydrogen) atoms. The molecule has 120 valence electrons. The predicted octanol–water partition coefficient (Wildman–Crippen LogP) is 2.62. The first-order valence-electron chi connectivity index (χ1n) is 7.51. The van der Waals surface area contributed by atoms with Gasteiger partial charge in [-0.05, 0) is 6.42 Å². The number of hydrogen-bond acceptors (Lipinski definition) is 5. The smallest absolute Gasteiger partial charge is 0.246 e. The van der Waals surface area contributed by atoms with Crippen molar-refractivity contribution in [3.63, 3.8) is 0 Å². The fourth-order valence-corrected chi connectivity index (χ4v) is 2.68. The minimum Gasteiger partial charge on any atom is -0.394 e. The summed E-state index contributed by atoms with van der Waals surface area (Å²) in [5, 5.41) is 15.1. The number of aromatic nitrogens is 1. The number of hydrogen-bond donors (Lipinski definition) is 2. The second-order valence-electron chi connectivity index (χ2n) is 5.33. The normalized spacial score (nSPS) is 12.6. The molecule has 1 atom stereocenters. The highest BCUT2D eigenvalue weighted by atomic mass is 32.1. The number of nitrogens with one attached hydrogen (secondary N) is 1. The Morgan fingerprint density at radius 1 is 1.48 bits per heavy atom. The van der Waals surface area contributed by atoms with Crippen LogP contribution >= 0.6 is 11.3 Å². The molecule has 1 aromatic heterocycles. The van der Waals surface area contributed by atoms with Crippen molar-refractivity contribution < 1.29 is 14.6 Å². The van der Waals surface area contributed by atoms with Crippen molar-refractivity contribution in [2.75, 3.05) is 19.8 Å². The van der Waals surface area contributed by atoms with E-state index in [9.17, 15) is 9.90 Å². The molecule has 1 unspecified atom stereocenters. The number of aliphatic hydroxyl groups is 1. The summed E-state index contributed by atoms with van der Waals surface area (Å²) in [5.74, 6) is 0.130. The SMILES string of the molecule is CCCCCOCC(=O)NC(CO)c1csc(C(C)C)n1. The Morgan fingerprint density at radius 2 is 2.24 bits per heavy atom. The molecule has 0 fully saturated rings. The summed E-state index contributed by atoms with van der Waals surface area (Å²) in [6.45, 7) is 6.72. The molecule has 0 saturated heterocycles. The molecule has 0 aliphatic rings. The number of carbonyl (C=O) groups is 1. The third-order valence-corrected chi connectivity index (χ3v) is 4.20. The van der Waals surface area contributed by atoms with E-state index in [2.05, 4.69) is 31.1 Å². The van der Waals surface area contributed by atoms with Gasteiger partial charge in [0.25, 0.3) is 0 Å². The minimum atomic E-state index is -0.458. The van der Waals surface area contributed by atoms with Crippen molar-refractivity contribution in [1.29, 1.82) is 0 Å². The number of amides is 1. The topological polar surface area (TPSA) is 71.5 Å². The van der Waals surface area contributed by atoms with Gasteiger partial charge in [0.15, 0.2) is 0 Å². The van der Waals surface area contributed by atoms with Gasteiger partial charge < -0.3 is 15.2 Å². The van der Waals surface area contributed by atoms with Gasteiger partial charge in [0.05, 0.1) is 23.4 Å². The first kappa shape index (κ1) is 18.1. The number of ether oxygens (including phenoxy) is 1. The van der Waals surface area contributed by atoms with Crippen LogP contribution in [0.5, 0.6) is 0 Å².